The molecule has 0 N–H and O–H groups in total. The van der Waals surface area contributed by atoms with Gasteiger partial charge in [-0.1, -0.05) is 6.42 Å². The molecule has 8 heteroatoms. The average Bonchev–Trinajstić information content (AvgIpc) is 2.27. The molecule has 1 aliphatic carbocycles. The lowest BCUT2D eigenvalue weighted by Crippen LogP contribution is -2.29. The SMILES string of the molecule is Cl[Si](Cl)(Cl)C1CCCC1[Si](Cl)(Cl)Cl. The van der Waals surface area contributed by atoms with Crippen molar-refractivity contribution in [3.63, 3.8) is 0 Å². The van der Waals surface area contributed by atoms with E-state index in [1.807, 2.05) is 0 Å². The Hall–Kier alpha value is 2.17. The molecular weight excluding hydrogens is 329 g/mol. The van der Waals surface area contributed by atoms with Crippen LogP contribution in [0.5, 0.6) is 0 Å². The molecule has 0 heterocycles. The summed E-state index contributed by atoms with van der Waals surface area (Å²) in [4.78, 5) is 0. The van der Waals surface area contributed by atoms with E-state index in [0.29, 0.717) is 0 Å². The van der Waals surface area contributed by atoms with Crippen LogP contribution in [0.15, 0.2) is 0 Å². The summed E-state index contributed by atoms with van der Waals surface area (Å²) in [6.45, 7) is 0. The molecule has 78 valence electrons. The quantitative estimate of drug-likeness (QED) is 0.479. The molecule has 2 unspecified atom stereocenters. The first-order valence-corrected chi connectivity index (χ1v) is 14.1. The van der Waals surface area contributed by atoms with Gasteiger partial charge in [-0.15, -0.1) is 66.5 Å². The highest BCUT2D eigenvalue weighted by atomic mass is 35.8. The van der Waals surface area contributed by atoms with Crippen LogP contribution in [-0.2, 0) is 0 Å². The number of hydrogen-bond acceptors (Lipinski definition) is 0. The Labute approximate surface area is 108 Å². The van der Waals surface area contributed by atoms with E-state index in [-0.39, 0.29) is 11.1 Å². The van der Waals surface area contributed by atoms with Gasteiger partial charge in [-0.25, -0.2) is 0 Å². The van der Waals surface area contributed by atoms with Crippen molar-refractivity contribution in [2.24, 2.45) is 0 Å². The van der Waals surface area contributed by atoms with Gasteiger partial charge in [0.05, 0.1) is 0 Å². The van der Waals surface area contributed by atoms with Gasteiger partial charge >= 0.3 is 12.0 Å². The normalized spacial score (nSPS) is 30.9. The molecule has 1 rings (SSSR count). The van der Waals surface area contributed by atoms with Crippen molar-refractivity contribution in [2.75, 3.05) is 0 Å². The summed E-state index contributed by atoms with van der Waals surface area (Å²) in [5, 5.41) is 0. The summed E-state index contributed by atoms with van der Waals surface area (Å²) in [5.41, 5.74) is 0.0772. The summed E-state index contributed by atoms with van der Waals surface area (Å²) in [6, 6.07) is -5.40. The van der Waals surface area contributed by atoms with Gasteiger partial charge in [-0.05, 0) is 23.9 Å². The van der Waals surface area contributed by atoms with Gasteiger partial charge in [-0.3, -0.25) is 0 Å². The zero-order valence-electron chi connectivity index (χ0n) is 6.54. The Morgan fingerprint density at radius 1 is 0.692 bits per heavy atom. The first-order valence-electron chi connectivity index (χ1n) is 3.86. The predicted octanol–water partition coefficient (Wildman–Crippen LogP) is 5.22. The maximum Gasteiger partial charge on any atom is 0.344 e. The van der Waals surface area contributed by atoms with Gasteiger partial charge < -0.3 is 0 Å². The van der Waals surface area contributed by atoms with E-state index in [2.05, 4.69) is 0 Å². The Bertz CT molecular complexity index is 164. The smallest absolute Gasteiger partial charge is 0.126 e. The largest absolute Gasteiger partial charge is 0.344 e. The maximum atomic E-state index is 5.96. The summed E-state index contributed by atoms with van der Waals surface area (Å²) < 4.78 is 0. The average molecular weight is 337 g/mol. The molecule has 0 bridgehead atoms. The van der Waals surface area contributed by atoms with Gasteiger partial charge in [0.15, 0.2) is 0 Å². The maximum absolute atomic E-state index is 5.96. The predicted molar refractivity (Wildman–Crippen MR) is 68.0 cm³/mol. The number of hydrogen-bond donors (Lipinski definition) is 0. The second-order valence-electron chi connectivity index (χ2n) is 3.23. The van der Waals surface area contributed by atoms with E-state index in [1.165, 1.54) is 0 Å². The zero-order chi connectivity index (χ0) is 10.3. The molecular formula is C5H8Cl6Si2. The van der Waals surface area contributed by atoms with Crippen molar-refractivity contribution in [1.29, 1.82) is 0 Å². The van der Waals surface area contributed by atoms with E-state index in [1.54, 1.807) is 0 Å². The van der Waals surface area contributed by atoms with Crippen LogP contribution in [0.4, 0.5) is 0 Å². The minimum Gasteiger partial charge on any atom is -0.126 e. The van der Waals surface area contributed by atoms with Crippen molar-refractivity contribution >= 4 is 78.5 Å². The van der Waals surface area contributed by atoms with Crippen LogP contribution < -0.4 is 0 Å². The molecule has 0 amide bonds. The third-order valence-corrected chi connectivity index (χ3v) is 10.8. The van der Waals surface area contributed by atoms with Crippen LogP contribution in [0.1, 0.15) is 19.3 Å². The van der Waals surface area contributed by atoms with Gasteiger partial charge in [0, 0.05) is 0 Å². The monoisotopic (exact) mass is 334 g/mol. The first kappa shape index (κ1) is 13.2. The van der Waals surface area contributed by atoms with Gasteiger partial charge in [0.25, 0.3) is 0 Å². The Morgan fingerprint density at radius 3 is 1.23 bits per heavy atom. The van der Waals surface area contributed by atoms with Crippen LogP contribution in [0.3, 0.4) is 0 Å². The van der Waals surface area contributed by atoms with E-state index in [4.69, 9.17) is 66.5 Å². The van der Waals surface area contributed by atoms with Crippen molar-refractivity contribution < 1.29 is 0 Å². The van der Waals surface area contributed by atoms with Gasteiger partial charge in [0.1, 0.15) is 0 Å². The summed E-state index contributed by atoms with van der Waals surface area (Å²) in [6.07, 6.45) is 2.81. The van der Waals surface area contributed by atoms with E-state index >= 15 is 0 Å². The molecule has 0 saturated heterocycles. The van der Waals surface area contributed by atoms with Crippen LogP contribution in [-0.4, -0.2) is 12.0 Å². The van der Waals surface area contributed by atoms with Crippen LogP contribution in [0.2, 0.25) is 11.1 Å². The zero-order valence-corrected chi connectivity index (χ0v) is 13.1. The molecule has 1 fully saturated rings. The molecule has 0 aromatic rings. The minimum absolute atomic E-state index is 0.0386. The molecule has 1 aliphatic rings. The van der Waals surface area contributed by atoms with Crippen molar-refractivity contribution in [3.8, 4) is 0 Å². The first-order chi connectivity index (χ1) is 5.73. The summed E-state index contributed by atoms with van der Waals surface area (Å²) in [5.74, 6) is 0. The number of rotatable bonds is 2. The van der Waals surface area contributed by atoms with Crippen LogP contribution >= 0.6 is 66.5 Å². The van der Waals surface area contributed by atoms with Gasteiger partial charge in [0.2, 0.25) is 0 Å². The lowest BCUT2D eigenvalue weighted by atomic mass is 10.4. The van der Waals surface area contributed by atoms with E-state index < -0.39 is 12.0 Å². The van der Waals surface area contributed by atoms with Crippen LogP contribution in [0, 0.1) is 0 Å². The Balaban J connectivity index is 2.76. The lowest BCUT2D eigenvalue weighted by molar-refractivity contribution is 0.855. The standard InChI is InChI=1S/C5H8Cl6Si2/c6-12(7,8)4-2-1-3-5(4)13(9,10)11/h4-5H,1-3H2. The third kappa shape index (κ3) is 3.59. The summed E-state index contributed by atoms with van der Waals surface area (Å²) in [7, 11) is 0. The lowest BCUT2D eigenvalue weighted by Gasteiger charge is -2.27. The van der Waals surface area contributed by atoms with Crippen molar-refractivity contribution in [3.05, 3.63) is 0 Å². The topological polar surface area (TPSA) is 0 Å². The molecule has 2 atom stereocenters. The van der Waals surface area contributed by atoms with E-state index in [9.17, 15) is 0 Å². The fraction of sp³-hybridized carbons (Fsp3) is 1.00. The summed E-state index contributed by atoms with van der Waals surface area (Å²) >= 11 is 35.7. The molecule has 0 aliphatic heterocycles. The third-order valence-electron chi connectivity index (χ3n) is 2.36. The highest BCUT2D eigenvalue weighted by molar-refractivity contribution is 7.68. The van der Waals surface area contributed by atoms with Gasteiger partial charge in [-0.2, -0.15) is 0 Å². The molecule has 0 radical (unpaired) electrons. The molecule has 0 nitrogen and oxygen atoms in total. The molecule has 0 aromatic heterocycles. The second kappa shape index (κ2) is 4.58. The number of halogens is 6. The molecule has 13 heavy (non-hydrogen) atoms. The highest BCUT2D eigenvalue weighted by Crippen LogP contribution is 2.58. The fourth-order valence-electron chi connectivity index (χ4n) is 1.74. The molecule has 0 aromatic carbocycles. The Kier molecular flexibility index (Phi) is 4.66. The fourth-order valence-corrected chi connectivity index (χ4v) is 12.2. The minimum atomic E-state index is -2.70. The molecule has 0 spiro atoms. The van der Waals surface area contributed by atoms with Crippen molar-refractivity contribution in [1.82, 2.24) is 0 Å². The van der Waals surface area contributed by atoms with Crippen molar-refractivity contribution in [2.45, 2.75) is 30.3 Å². The highest BCUT2D eigenvalue weighted by Gasteiger charge is 2.53. The van der Waals surface area contributed by atoms with E-state index in [0.717, 1.165) is 19.3 Å². The Morgan fingerprint density at radius 2 is 1.00 bits per heavy atom. The second-order valence-corrected chi connectivity index (χ2v) is 21.1. The molecule has 1 saturated carbocycles. The van der Waals surface area contributed by atoms with Crippen LogP contribution in [0.25, 0.3) is 0 Å².